The quantitative estimate of drug-likeness (QED) is 0.746. The van der Waals surface area contributed by atoms with Crippen LogP contribution in [0, 0.1) is 5.92 Å². The summed E-state index contributed by atoms with van der Waals surface area (Å²) in [5, 5.41) is 10.4. The zero-order valence-electron chi connectivity index (χ0n) is 15.0. The maximum Gasteiger partial charge on any atom is 0.119 e. The molecule has 2 rings (SSSR count). The number of benzene rings is 2. The van der Waals surface area contributed by atoms with Crippen LogP contribution in [0.3, 0.4) is 0 Å². The van der Waals surface area contributed by atoms with Gasteiger partial charge in [-0.25, -0.2) is 0 Å². The molecule has 0 heterocycles. The number of aliphatic hydroxyl groups is 1. The van der Waals surface area contributed by atoms with E-state index in [2.05, 4.69) is 50.1 Å². The summed E-state index contributed by atoms with van der Waals surface area (Å²) in [5.74, 6) is 1.37. The first kappa shape index (κ1) is 18.5. The van der Waals surface area contributed by atoms with Crippen molar-refractivity contribution >= 4 is 0 Å². The fourth-order valence-corrected chi connectivity index (χ4v) is 2.53. The lowest BCUT2D eigenvalue weighted by atomic mass is 10.1. The van der Waals surface area contributed by atoms with Gasteiger partial charge < -0.3 is 14.7 Å². The molecule has 0 fully saturated rings. The van der Waals surface area contributed by atoms with Crippen LogP contribution < -0.4 is 4.74 Å². The van der Waals surface area contributed by atoms with Gasteiger partial charge in [0.25, 0.3) is 0 Å². The van der Waals surface area contributed by atoms with E-state index >= 15 is 0 Å². The summed E-state index contributed by atoms with van der Waals surface area (Å²) in [6.07, 6.45) is 0.276. The van der Waals surface area contributed by atoms with Crippen molar-refractivity contribution in [2.75, 3.05) is 20.2 Å². The van der Waals surface area contributed by atoms with Crippen molar-refractivity contribution in [1.82, 2.24) is 4.90 Å². The molecule has 0 spiro atoms. The minimum absolute atomic E-state index is 0.442. The van der Waals surface area contributed by atoms with E-state index in [1.165, 1.54) is 5.56 Å². The number of ether oxygens (including phenoxy) is 1. The molecule has 3 heteroatoms. The molecule has 0 amide bonds. The second-order valence-electron chi connectivity index (χ2n) is 6.80. The molecule has 3 nitrogen and oxygen atoms in total. The lowest BCUT2D eigenvalue weighted by Gasteiger charge is -2.19. The fraction of sp³-hybridized carbons (Fsp3) is 0.429. The van der Waals surface area contributed by atoms with Gasteiger partial charge in [-0.1, -0.05) is 56.3 Å². The Morgan fingerprint density at radius 2 is 1.67 bits per heavy atom. The number of aliphatic hydroxyl groups excluding tert-OH is 1. The first-order valence-corrected chi connectivity index (χ1v) is 8.68. The third-order valence-electron chi connectivity index (χ3n) is 3.93. The van der Waals surface area contributed by atoms with E-state index in [0.717, 1.165) is 30.8 Å². The number of rotatable bonds is 9. The molecule has 2 aromatic rings. The van der Waals surface area contributed by atoms with Gasteiger partial charge in [-0.05, 0) is 42.6 Å². The highest BCUT2D eigenvalue weighted by molar-refractivity contribution is 5.28. The highest BCUT2D eigenvalue weighted by Gasteiger charge is 2.10. The van der Waals surface area contributed by atoms with Gasteiger partial charge >= 0.3 is 0 Å². The molecule has 130 valence electrons. The molecule has 0 radical (unpaired) electrons. The Labute approximate surface area is 145 Å². The number of hydrogen-bond donors (Lipinski definition) is 1. The molecular weight excluding hydrogens is 298 g/mol. The van der Waals surface area contributed by atoms with Gasteiger partial charge in [-0.2, -0.15) is 0 Å². The van der Waals surface area contributed by atoms with Crippen molar-refractivity contribution in [2.45, 2.75) is 32.9 Å². The van der Waals surface area contributed by atoms with Crippen LogP contribution in [0.4, 0.5) is 0 Å². The van der Waals surface area contributed by atoms with Crippen LogP contribution in [0.25, 0.3) is 0 Å². The zero-order chi connectivity index (χ0) is 17.4. The molecular formula is C21H29NO2. The van der Waals surface area contributed by atoms with Crippen LogP contribution in [0.15, 0.2) is 54.6 Å². The van der Waals surface area contributed by atoms with Gasteiger partial charge in [0.05, 0.1) is 12.7 Å². The number of nitrogens with zero attached hydrogens (tertiary/aromatic N) is 1. The van der Waals surface area contributed by atoms with E-state index in [4.69, 9.17) is 4.74 Å². The van der Waals surface area contributed by atoms with Crippen LogP contribution in [0.2, 0.25) is 0 Å². The second kappa shape index (κ2) is 9.45. The van der Waals surface area contributed by atoms with Crippen LogP contribution in [-0.2, 0) is 6.54 Å². The molecule has 24 heavy (non-hydrogen) atoms. The standard InChI is InChI=1S/C21H29NO2/c1-17(2)16-24-20-11-9-19(10-12-20)21(23)13-14-22(3)15-18-7-5-4-6-8-18/h4-12,17,21,23H,13-16H2,1-3H3. The molecule has 1 N–H and O–H groups in total. The average molecular weight is 327 g/mol. The van der Waals surface area contributed by atoms with Crippen molar-refractivity contribution in [3.63, 3.8) is 0 Å². The summed E-state index contributed by atoms with van der Waals surface area (Å²) in [7, 11) is 2.09. The van der Waals surface area contributed by atoms with Gasteiger partial charge in [-0.3, -0.25) is 0 Å². The molecule has 1 unspecified atom stereocenters. The monoisotopic (exact) mass is 327 g/mol. The Hall–Kier alpha value is -1.84. The first-order chi connectivity index (χ1) is 11.5. The van der Waals surface area contributed by atoms with E-state index in [1.807, 2.05) is 30.3 Å². The van der Waals surface area contributed by atoms with Crippen molar-refractivity contribution in [3.05, 3.63) is 65.7 Å². The predicted octanol–water partition coefficient (Wildman–Crippen LogP) is 4.28. The Balaban J connectivity index is 1.78. The van der Waals surface area contributed by atoms with E-state index < -0.39 is 6.10 Å². The zero-order valence-corrected chi connectivity index (χ0v) is 15.0. The molecule has 0 saturated carbocycles. The normalized spacial score (nSPS) is 12.6. The first-order valence-electron chi connectivity index (χ1n) is 8.68. The van der Waals surface area contributed by atoms with Gasteiger partial charge in [-0.15, -0.1) is 0 Å². The van der Waals surface area contributed by atoms with Crippen LogP contribution in [-0.4, -0.2) is 30.2 Å². The SMILES string of the molecule is CC(C)COc1ccc(C(O)CCN(C)Cc2ccccc2)cc1. The van der Waals surface area contributed by atoms with Crippen molar-refractivity contribution in [1.29, 1.82) is 0 Å². The molecule has 0 aliphatic carbocycles. The number of hydrogen-bond acceptors (Lipinski definition) is 3. The molecule has 0 aromatic heterocycles. The van der Waals surface area contributed by atoms with E-state index in [1.54, 1.807) is 0 Å². The summed E-state index contributed by atoms with van der Waals surface area (Å²) < 4.78 is 5.68. The summed E-state index contributed by atoms with van der Waals surface area (Å²) in [6, 6.07) is 18.2. The van der Waals surface area contributed by atoms with Crippen molar-refractivity contribution in [3.8, 4) is 5.75 Å². The maximum absolute atomic E-state index is 10.4. The Kier molecular flexibility index (Phi) is 7.29. The Bertz CT molecular complexity index is 581. The third-order valence-corrected chi connectivity index (χ3v) is 3.93. The summed E-state index contributed by atoms with van der Waals surface area (Å²) in [6.45, 7) is 6.72. The van der Waals surface area contributed by atoms with Crippen LogP contribution >= 0.6 is 0 Å². The van der Waals surface area contributed by atoms with E-state index in [-0.39, 0.29) is 0 Å². The molecule has 0 bridgehead atoms. The molecule has 1 atom stereocenters. The van der Waals surface area contributed by atoms with Crippen LogP contribution in [0.1, 0.15) is 37.5 Å². The fourth-order valence-electron chi connectivity index (χ4n) is 2.53. The van der Waals surface area contributed by atoms with E-state index in [0.29, 0.717) is 12.5 Å². The summed E-state index contributed by atoms with van der Waals surface area (Å²) >= 11 is 0. The molecule has 0 aliphatic heterocycles. The average Bonchev–Trinajstić information content (AvgIpc) is 2.59. The highest BCUT2D eigenvalue weighted by Crippen LogP contribution is 2.21. The minimum atomic E-state index is -0.442. The lowest BCUT2D eigenvalue weighted by molar-refractivity contribution is 0.147. The Morgan fingerprint density at radius 3 is 2.29 bits per heavy atom. The smallest absolute Gasteiger partial charge is 0.119 e. The largest absolute Gasteiger partial charge is 0.493 e. The van der Waals surface area contributed by atoms with Crippen molar-refractivity contribution in [2.24, 2.45) is 5.92 Å². The summed E-state index contributed by atoms with van der Waals surface area (Å²) in [5.41, 5.74) is 2.24. The van der Waals surface area contributed by atoms with Crippen LogP contribution in [0.5, 0.6) is 5.75 Å². The lowest BCUT2D eigenvalue weighted by Crippen LogP contribution is -2.20. The maximum atomic E-state index is 10.4. The summed E-state index contributed by atoms with van der Waals surface area (Å²) in [4.78, 5) is 2.23. The highest BCUT2D eigenvalue weighted by atomic mass is 16.5. The topological polar surface area (TPSA) is 32.7 Å². The van der Waals surface area contributed by atoms with E-state index in [9.17, 15) is 5.11 Å². The van der Waals surface area contributed by atoms with Gasteiger partial charge in [0.2, 0.25) is 0 Å². The third kappa shape index (κ3) is 6.34. The molecule has 0 saturated heterocycles. The van der Waals surface area contributed by atoms with Gasteiger partial charge in [0.1, 0.15) is 5.75 Å². The van der Waals surface area contributed by atoms with Crippen molar-refractivity contribution < 1.29 is 9.84 Å². The Morgan fingerprint density at radius 1 is 1.00 bits per heavy atom. The predicted molar refractivity (Wildman–Crippen MR) is 99.1 cm³/mol. The molecule has 2 aromatic carbocycles. The van der Waals surface area contributed by atoms with Gasteiger partial charge in [0, 0.05) is 13.1 Å². The molecule has 0 aliphatic rings. The minimum Gasteiger partial charge on any atom is -0.493 e. The van der Waals surface area contributed by atoms with Gasteiger partial charge in [0.15, 0.2) is 0 Å². The second-order valence-corrected chi connectivity index (χ2v) is 6.80.